The Morgan fingerprint density at radius 1 is 1.48 bits per heavy atom. The Labute approximate surface area is 173 Å². The molecule has 1 N–H and O–H groups in total. The van der Waals surface area contributed by atoms with Crippen LogP contribution in [0.3, 0.4) is 0 Å². The largest absolute Gasteiger partial charge is 0.445 e. The Kier molecular flexibility index (Phi) is 2.80. The van der Waals surface area contributed by atoms with E-state index >= 15 is 0 Å². The first-order chi connectivity index (χ1) is 16.0. The van der Waals surface area contributed by atoms with Crippen molar-refractivity contribution in [1.29, 1.82) is 0 Å². The van der Waals surface area contributed by atoms with Gasteiger partial charge in [0.05, 0.1) is 7.08 Å². The normalized spacial score (nSPS) is 57.5. The van der Waals surface area contributed by atoms with Crippen molar-refractivity contribution >= 4 is 11.7 Å². The zero-order valence-electron chi connectivity index (χ0n) is 23.8. The molecule has 0 amide bonds. The first-order valence-electron chi connectivity index (χ1n) is 13.6. The molecule has 4 aliphatic rings. The van der Waals surface area contributed by atoms with E-state index in [0.717, 1.165) is 0 Å². The highest BCUT2D eigenvalue weighted by Crippen LogP contribution is 2.67. The summed E-state index contributed by atoms with van der Waals surface area (Å²) >= 11 is 0. The maximum absolute atomic E-state index is 12.1. The fourth-order valence-electron chi connectivity index (χ4n) is 5.96. The number of terminal acetylenes is 1. The fourth-order valence-corrected chi connectivity index (χ4v) is 5.96. The minimum Gasteiger partial charge on any atom is -0.445 e. The number of allylic oxidation sites excluding steroid dienone is 2. The second-order valence-corrected chi connectivity index (χ2v) is 7.93. The van der Waals surface area contributed by atoms with E-state index in [4.69, 9.17) is 20.8 Å². The zero-order chi connectivity index (χ0) is 26.4. The summed E-state index contributed by atoms with van der Waals surface area (Å²) in [4.78, 5) is 12.1. The van der Waals surface area contributed by atoms with Gasteiger partial charge in [-0.25, -0.2) is 0 Å². The second-order valence-electron chi connectivity index (χ2n) is 7.93. The summed E-state index contributed by atoms with van der Waals surface area (Å²) in [6.45, 7) is 3.04. The fraction of sp³-hybridized carbons (Fsp3) is 0.739. The Balaban J connectivity index is 1.91. The smallest absolute Gasteiger partial charge is 0.304 e. The first kappa shape index (κ1) is 11.3. The van der Waals surface area contributed by atoms with E-state index in [0.29, 0.717) is 19.3 Å². The lowest BCUT2D eigenvalue weighted by molar-refractivity contribution is -0.170. The number of carbonyl (C=O) groups excluding carboxylic acids is 1. The predicted octanol–water partition coefficient (Wildman–Crippen LogP) is 4.71. The highest BCUT2D eigenvalue weighted by atomic mass is 16.6. The number of fused-ring (bicyclic) bond motifs is 5. The average Bonchev–Trinajstić information content (AvgIpc) is 2.90. The van der Waals surface area contributed by atoms with Crippen molar-refractivity contribution in [3.05, 3.63) is 11.6 Å². The van der Waals surface area contributed by atoms with E-state index in [2.05, 4.69) is 11.1 Å². The molecule has 0 heterocycles. The topological polar surface area (TPSA) is 58.9 Å². The highest BCUT2D eigenvalue weighted by molar-refractivity contribution is 5.96. The predicted molar refractivity (Wildman–Crippen MR) is 104 cm³/mol. The summed E-state index contributed by atoms with van der Waals surface area (Å²) in [5.74, 6) is -1.59. The van der Waals surface area contributed by atoms with Crippen LogP contribution in [0.2, 0.25) is 0 Å². The third-order valence-corrected chi connectivity index (χ3v) is 7.12. The highest BCUT2D eigenvalue weighted by Gasteiger charge is 2.65. The van der Waals surface area contributed by atoms with Crippen molar-refractivity contribution in [3.8, 4) is 12.3 Å². The Morgan fingerprint density at radius 2 is 2.30 bits per heavy atom. The molecule has 0 aromatic carbocycles. The van der Waals surface area contributed by atoms with Crippen LogP contribution >= 0.6 is 0 Å². The SMILES string of the molecule is [2H]C1=C2C([2H])([2H])CC3C4CC([2H])([2H])[C@](C#C)(OC(C)=O)[C@@]4(CC)CCC3[C@@]2([2H])CC([2H])([2H])/C1=N/O. The lowest BCUT2D eigenvalue weighted by Gasteiger charge is -2.56. The van der Waals surface area contributed by atoms with Gasteiger partial charge in [-0.3, -0.25) is 4.79 Å². The monoisotopic (exact) mass is 377 g/mol. The van der Waals surface area contributed by atoms with Gasteiger partial charge < -0.3 is 9.94 Å². The minimum atomic E-state index is -2.31. The third kappa shape index (κ3) is 2.57. The molecule has 0 aromatic heterocycles. The van der Waals surface area contributed by atoms with Crippen LogP contribution in [-0.2, 0) is 9.53 Å². The van der Waals surface area contributed by atoms with Gasteiger partial charge in [0.2, 0.25) is 0 Å². The van der Waals surface area contributed by atoms with Crippen molar-refractivity contribution in [2.75, 3.05) is 0 Å². The summed E-state index contributed by atoms with van der Waals surface area (Å²) in [6.07, 6.45) is -0.305. The van der Waals surface area contributed by atoms with E-state index in [1.165, 1.54) is 6.92 Å². The van der Waals surface area contributed by atoms with Gasteiger partial charge in [-0.1, -0.05) is 23.6 Å². The van der Waals surface area contributed by atoms with Crippen LogP contribution < -0.4 is 0 Å². The molecular formula is C23H31NO3. The number of ether oxygens (including phenoxy) is 1. The van der Waals surface area contributed by atoms with Crippen molar-refractivity contribution in [3.63, 3.8) is 0 Å². The zero-order valence-corrected chi connectivity index (χ0v) is 15.8. The van der Waals surface area contributed by atoms with Crippen LogP contribution in [0.1, 0.15) is 82.5 Å². The van der Waals surface area contributed by atoms with Crippen LogP contribution in [0.25, 0.3) is 0 Å². The molecule has 146 valence electrons. The number of carbonyl (C=O) groups is 1. The van der Waals surface area contributed by atoms with Crippen molar-refractivity contribution in [2.45, 2.75) is 77.1 Å². The summed E-state index contributed by atoms with van der Waals surface area (Å²) < 4.78 is 75.7. The molecule has 0 spiro atoms. The average molecular weight is 378 g/mol. The van der Waals surface area contributed by atoms with Gasteiger partial charge in [0.25, 0.3) is 0 Å². The Morgan fingerprint density at radius 3 is 2.96 bits per heavy atom. The van der Waals surface area contributed by atoms with Crippen LogP contribution in [0.5, 0.6) is 0 Å². The number of nitrogens with zero attached hydrogens (tertiary/aromatic N) is 1. The van der Waals surface area contributed by atoms with Gasteiger partial charge in [0.1, 0.15) is 0 Å². The number of rotatable bonds is 2. The maximum Gasteiger partial charge on any atom is 0.304 e. The molecule has 6 atom stereocenters. The summed E-state index contributed by atoms with van der Waals surface area (Å²) in [7, 11) is 0. The molecule has 27 heavy (non-hydrogen) atoms. The molecule has 4 nitrogen and oxygen atoms in total. The number of hydrogen-bond acceptors (Lipinski definition) is 4. The van der Waals surface area contributed by atoms with Crippen LogP contribution in [0.15, 0.2) is 16.8 Å². The maximum atomic E-state index is 12.1. The molecule has 3 unspecified atom stereocenters. The third-order valence-electron chi connectivity index (χ3n) is 7.12. The number of oxime groups is 1. The van der Waals surface area contributed by atoms with Crippen LogP contribution in [-0.4, -0.2) is 22.5 Å². The molecule has 0 aromatic rings. The molecule has 0 aliphatic heterocycles. The molecule has 4 rings (SSSR count). The molecule has 0 radical (unpaired) electrons. The summed E-state index contributed by atoms with van der Waals surface area (Å²) in [6, 6.07) is -0.575. The summed E-state index contributed by atoms with van der Waals surface area (Å²) in [5, 5.41) is 12.3. The molecule has 0 saturated heterocycles. The van der Waals surface area contributed by atoms with E-state index in [-0.39, 0.29) is 18.4 Å². The summed E-state index contributed by atoms with van der Waals surface area (Å²) in [5.41, 5.74) is -3.56. The number of hydrogen-bond donors (Lipinski definition) is 1. The van der Waals surface area contributed by atoms with Gasteiger partial charge in [-0.15, -0.1) is 6.42 Å². The van der Waals surface area contributed by atoms with E-state index < -0.39 is 77.9 Å². The van der Waals surface area contributed by atoms with Crippen molar-refractivity contribution < 1.29 is 25.7 Å². The van der Waals surface area contributed by atoms with Gasteiger partial charge in [0, 0.05) is 21.9 Å². The lowest BCUT2D eigenvalue weighted by Crippen LogP contribution is -2.55. The van der Waals surface area contributed by atoms with Crippen molar-refractivity contribution in [1.82, 2.24) is 0 Å². The van der Waals surface area contributed by atoms with E-state index in [1.54, 1.807) is 0 Å². The van der Waals surface area contributed by atoms with Crippen LogP contribution in [0.4, 0.5) is 0 Å². The number of esters is 1. The minimum absolute atomic E-state index is 0.0747. The van der Waals surface area contributed by atoms with Gasteiger partial charge in [-0.2, -0.15) is 0 Å². The molecule has 3 saturated carbocycles. The van der Waals surface area contributed by atoms with Gasteiger partial charge >= 0.3 is 5.97 Å². The molecular weight excluding hydrogens is 338 g/mol. The van der Waals surface area contributed by atoms with E-state index in [9.17, 15) is 11.4 Å². The first-order valence-corrected chi connectivity index (χ1v) is 9.62. The molecule has 0 bridgehead atoms. The van der Waals surface area contributed by atoms with E-state index in [1.807, 2.05) is 6.92 Å². The molecule has 3 fully saturated rings. The Bertz CT molecular complexity index is 1070. The lowest BCUT2D eigenvalue weighted by atomic mass is 9.49. The van der Waals surface area contributed by atoms with Gasteiger partial charge in [0.15, 0.2) is 5.60 Å². The molecule has 4 aliphatic carbocycles. The molecule has 4 heteroatoms. The Hall–Kier alpha value is -1.76. The van der Waals surface area contributed by atoms with Crippen LogP contribution in [0, 0.1) is 41.4 Å². The standard InChI is InChI=1S/C23H31NO3/c1-4-22-12-10-19-18-9-7-17(24-26)14-16(18)6-8-20(19)21(22)11-13-23(22,5-2)27-15(3)25/h2,14,18-21,26H,4,6-13H2,1,3H3/b24-17-/t18-,19?,20?,21?,22-,23-/m0/s1/i6D2,7D2,13D2,14D,18D. The quantitative estimate of drug-likeness (QED) is 0.328. The van der Waals surface area contributed by atoms with Crippen molar-refractivity contribution in [2.24, 2.45) is 34.2 Å². The second kappa shape index (κ2) is 6.69. The van der Waals surface area contributed by atoms with Gasteiger partial charge in [-0.05, 0) is 87.3 Å².